The second-order valence-electron chi connectivity index (χ2n) is 4.82. The summed E-state index contributed by atoms with van der Waals surface area (Å²) in [6.45, 7) is 1.22. The summed E-state index contributed by atoms with van der Waals surface area (Å²) < 4.78 is 16.0. The lowest BCUT2D eigenvalue weighted by atomic mass is 9.97. The predicted octanol–water partition coefficient (Wildman–Crippen LogP) is 1.58. The average Bonchev–Trinajstić information content (AvgIpc) is 2.97. The quantitative estimate of drug-likeness (QED) is 0.915. The van der Waals surface area contributed by atoms with Crippen LogP contribution in [0.25, 0.3) is 11.4 Å². The molecule has 2 atom stereocenters. The zero-order valence-electron chi connectivity index (χ0n) is 11.3. The topological polar surface area (TPSA) is 83.4 Å². The van der Waals surface area contributed by atoms with Gasteiger partial charge in [0.05, 0.1) is 19.6 Å². The number of aromatic nitrogens is 2. The third-order valence-electron chi connectivity index (χ3n) is 3.50. The van der Waals surface area contributed by atoms with E-state index in [9.17, 15) is 0 Å². The number of hydrogen-bond acceptors (Lipinski definition) is 6. The Kier molecular flexibility index (Phi) is 3.66. The number of benzene rings is 1. The third-order valence-corrected chi connectivity index (χ3v) is 3.50. The number of methoxy groups -OCH3 is 1. The first-order valence-corrected chi connectivity index (χ1v) is 6.59. The van der Waals surface area contributed by atoms with Crippen molar-refractivity contribution in [2.24, 2.45) is 5.73 Å². The van der Waals surface area contributed by atoms with Gasteiger partial charge in [0.1, 0.15) is 5.75 Å². The van der Waals surface area contributed by atoms with Gasteiger partial charge >= 0.3 is 0 Å². The van der Waals surface area contributed by atoms with E-state index in [0.717, 1.165) is 17.7 Å². The molecule has 1 aliphatic rings. The van der Waals surface area contributed by atoms with Crippen molar-refractivity contribution in [2.75, 3.05) is 20.3 Å². The van der Waals surface area contributed by atoms with Gasteiger partial charge in [-0.1, -0.05) is 17.3 Å². The highest BCUT2D eigenvalue weighted by molar-refractivity contribution is 5.56. The van der Waals surface area contributed by atoms with Gasteiger partial charge in [0, 0.05) is 18.2 Å². The van der Waals surface area contributed by atoms with Crippen molar-refractivity contribution in [2.45, 2.75) is 18.4 Å². The molecule has 1 aliphatic heterocycles. The lowest BCUT2D eigenvalue weighted by Gasteiger charge is -2.25. The van der Waals surface area contributed by atoms with Crippen LogP contribution in [0, 0.1) is 0 Å². The molecule has 1 fully saturated rings. The number of hydrogen-bond donors (Lipinski definition) is 1. The normalized spacial score (nSPS) is 22.7. The summed E-state index contributed by atoms with van der Waals surface area (Å²) in [6, 6.07) is 7.54. The van der Waals surface area contributed by atoms with Crippen LogP contribution >= 0.6 is 0 Å². The Morgan fingerprint density at radius 3 is 3.10 bits per heavy atom. The van der Waals surface area contributed by atoms with Gasteiger partial charge in [-0.3, -0.25) is 0 Å². The first kappa shape index (κ1) is 13.1. The van der Waals surface area contributed by atoms with Crippen LogP contribution in [0.4, 0.5) is 0 Å². The van der Waals surface area contributed by atoms with Crippen molar-refractivity contribution < 1.29 is 14.0 Å². The molecular weight excluding hydrogens is 258 g/mol. The second-order valence-corrected chi connectivity index (χ2v) is 4.82. The molecule has 6 heteroatoms. The van der Waals surface area contributed by atoms with Crippen molar-refractivity contribution in [3.63, 3.8) is 0 Å². The molecule has 2 N–H and O–H groups in total. The van der Waals surface area contributed by atoms with E-state index in [1.54, 1.807) is 7.11 Å². The summed E-state index contributed by atoms with van der Waals surface area (Å²) in [4.78, 5) is 4.44. The van der Waals surface area contributed by atoms with E-state index in [1.165, 1.54) is 0 Å². The van der Waals surface area contributed by atoms with Crippen molar-refractivity contribution >= 4 is 0 Å². The Hall–Kier alpha value is -1.92. The molecule has 2 heterocycles. The van der Waals surface area contributed by atoms with Crippen LogP contribution in [0.1, 0.15) is 18.2 Å². The third kappa shape index (κ3) is 2.52. The van der Waals surface area contributed by atoms with E-state index in [0.29, 0.717) is 24.9 Å². The highest BCUT2D eigenvalue weighted by Gasteiger charge is 2.29. The van der Waals surface area contributed by atoms with Gasteiger partial charge in [0.25, 0.3) is 0 Å². The zero-order valence-corrected chi connectivity index (χ0v) is 11.3. The maximum Gasteiger partial charge on any atom is 0.233 e. The van der Waals surface area contributed by atoms with Crippen LogP contribution in [0.3, 0.4) is 0 Å². The molecule has 6 nitrogen and oxygen atoms in total. The van der Waals surface area contributed by atoms with Crippen LogP contribution in [-0.4, -0.2) is 36.5 Å². The summed E-state index contributed by atoms with van der Waals surface area (Å²) in [7, 11) is 1.62. The first-order chi connectivity index (χ1) is 9.78. The monoisotopic (exact) mass is 275 g/mol. The fraction of sp³-hybridized carbons (Fsp3) is 0.429. The molecule has 1 aromatic heterocycles. The predicted molar refractivity (Wildman–Crippen MR) is 72.4 cm³/mol. The molecule has 2 aromatic rings. The van der Waals surface area contributed by atoms with E-state index >= 15 is 0 Å². The molecule has 3 rings (SSSR count). The summed E-state index contributed by atoms with van der Waals surface area (Å²) >= 11 is 0. The van der Waals surface area contributed by atoms with Gasteiger partial charge in [-0.05, 0) is 18.6 Å². The zero-order chi connectivity index (χ0) is 13.9. The fourth-order valence-electron chi connectivity index (χ4n) is 2.27. The van der Waals surface area contributed by atoms with E-state index in [4.69, 9.17) is 19.7 Å². The molecule has 106 valence electrons. The fourth-order valence-corrected chi connectivity index (χ4v) is 2.27. The minimum atomic E-state index is -0.0318. The van der Waals surface area contributed by atoms with Crippen LogP contribution < -0.4 is 10.5 Å². The second kappa shape index (κ2) is 5.60. The summed E-state index contributed by atoms with van der Waals surface area (Å²) in [5.41, 5.74) is 6.93. The Morgan fingerprint density at radius 2 is 2.30 bits per heavy atom. The largest absolute Gasteiger partial charge is 0.497 e. The molecule has 1 aromatic carbocycles. The van der Waals surface area contributed by atoms with Gasteiger partial charge in [-0.25, -0.2) is 0 Å². The maximum absolute atomic E-state index is 6.08. The molecule has 1 saturated heterocycles. The Labute approximate surface area is 116 Å². The van der Waals surface area contributed by atoms with Crippen molar-refractivity contribution in [3.05, 3.63) is 30.2 Å². The van der Waals surface area contributed by atoms with Gasteiger partial charge in [-0.2, -0.15) is 4.98 Å². The molecule has 20 heavy (non-hydrogen) atoms. The molecule has 0 amide bonds. The van der Waals surface area contributed by atoms with Gasteiger partial charge < -0.3 is 19.7 Å². The Balaban J connectivity index is 1.85. The molecule has 0 saturated carbocycles. The lowest BCUT2D eigenvalue weighted by Crippen LogP contribution is -2.37. The van der Waals surface area contributed by atoms with Crippen LogP contribution in [0.5, 0.6) is 5.75 Å². The minimum absolute atomic E-state index is 0.00218. The summed E-state index contributed by atoms with van der Waals surface area (Å²) in [6.07, 6.45) is 0.807. The van der Waals surface area contributed by atoms with Crippen molar-refractivity contribution in [3.8, 4) is 17.1 Å². The summed E-state index contributed by atoms with van der Waals surface area (Å²) in [5, 5.41) is 4.02. The van der Waals surface area contributed by atoms with Crippen molar-refractivity contribution in [1.82, 2.24) is 10.1 Å². The molecule has 0 spiro atoms. The van der Waals surface area contributed by atoms with Crippen LogP contribution in [0.2, 0.25) is 0 Å². The van der Waals surface area contributed by atoms with Crippen LogP contribution in [-0.2, 0) is 4.74 Å². The van der Waals surface area contributed by atoms with E-state index < -0.39 is 0 Å². The standard InChI is InChI=1S/C14H17N3O3/c1-18-10-4-2-3-9(7-10)13-16-14(20-17-13)11-8-19-6-5-12(11)15/h2-4,7,11-12H,5-6,8,15H2,1H3. The summed E-state index contributed by atoms with van der Waals surface area (Å²) in [5.74, 6) is 1.80. The number of ether oxygens (including phenoxy) is 2. The van der Waals surface area contributed by atoms with Gasteiger partial charge in [0.2, 0.25) is 11.7 Å². The number of nitrogens with zero attached hydrogens (tertiary/aromatic N) is 2. The van der Waals surface area contributed by atoms with Crippen molar-refractivity contribution in [1.29, 1.82) is 0 Å². The Morgan fingerprint density at radius 1 is 1.40 bits per heavy atom. The van der Waals surface area contributed by atoms with Gasteiger partial charge in [0.15, 0.2) is 0 Å². The van der Waals surface area contributed by atoms with Crippen LogP contribution in [0.15, 0.2) is 28.8 Å². The van der Waals surface area contributed by atoms with E-state index in [1.807, 2.05) is 24.3 Å². The first-order valence-electron chi connectivity index (χ1n) is 6.59. The smallest absolute Gasteiger partial charge is 0.233 e. The molecule has 0 aliphatic carbocycles. The lowest BCUT2D eigenvalue weighted by molar-refractivity contribution is 0.0590. The molecule has 2 unspecified atom stereocenters. The van der Waals surface area contributed by atoms with Gasteiger partial charge in [-0.15, -0.1) is 0 Å². The minimum Gasteiger partial charge on any atom is -0.497 e. The highest BCUT2D eigenvalue weighted by Crippen LogP contribution is 2.26. The van der Waals surface area contributed by atoms with E-state index in [-0.39, 0.29) is 12.0 Å². The molecule has 0 bridgehead atoms. The Bertz CT molecular complexity index is 585. The average molecular weight is 275 g/mol. The molecular formula is C14H17N3O3. The highest BCUT2D eigenvalue weighted by atomic mass is 16.5. The number of rotatable bonds is 3. The molecule has 0 radical (unpaired) electrons. The van der Waals surface area contributed by atoms with E-state index in [2.05, 4.69) is 10.1 Å². The SMILES string of the molecule is COc1cccc(-c2noc(C3COCCC3N)n2)c1. The maximum atomic E-state index is 6.08. The number of nitrogens with two attached hydrogens (primary N) is 1.